The zero-order chi connectivity index (χ0) is 9.68. The number of carbonyl (C=O) groups is 1. The summed E-state index contributed by atoms with van der Waals surface area (Å²) in [5.74, 6) is 0.287. The van der Waals surface area contributed by atoms with Crippen LogP contribution in [0.1, 0.15) is 32.6 Å². The van der Waals surface area contributed by atoms with Gasteiger partial charge in [0.15, 0.2) is 0 Å². The number of carboxylic acid groups (broad SMARTS) is 1. The molecule has 1 rings (SSSR count). The first-order valence-electron chi connectivity index (χ1n) is 4.76. The van der Waals surface area contributed by atoms with E-state index in [1.54, 1.807) is 0 Å². The van der Waals surface area contributed by atoms with Crippen LogP contribution in [0.3, 0.4) is 0 Å². The van der Waals surface area contributed by atoms with Crippen LogP contribution in [-0.2, 0) is 4.74 Å². The van der Waals surface area contributed by atoms with Crippen molar-refractivity contribution in [3.63, 3.8) is 0 Å². The largest absolute Gasteiger partial charge is 0.506 e. The summed E-state index contributed by atoms with van der Waals surface area (Å²) in [5.41, 5.74) is 0. The zero-order valence-electron chi connectivity index (χ0n) is 7.90. The molecule has 1 N–H and O–H groups in total. The molecular weight excluding hydrogens is 168 g/mol. The van der Waals surface area contributed by atoms with E-state index in [9.17, 15) is 4.79 Å². The minimum Gasteiger partial charge on any atom is -0.450 e. The van der Waals surface area contributed by atoms with Crippen molar-refractivity contribution in [3.8, 4) is 0 Å². The van der Waals surface area contributed by atoms with Gasteiger partial charge in [-0.1, -0.05) is 18.6 Å². The van der Waals surface area contributed by atoms with E-state index >= 15 is 0 Å². The number of ether oxygens (including phenoxy) is 1. The molecule has 0 bridgehead atoms. The quantitative estimate of drug-likeness (QED) is 0.530. The van der Waals surface area contributed by atoms with Gasteiger partial charge in [-0.05, 0) is 26.2 Å². The summed E-state index contributed by atoms with van der Waals surface area (Å²) in [5, 5.41) is 8.51. The van der Waals surface area contributed by atoms with Crippen molar-refractivity contribution in [2.45, 2.75) is 38.7 Å². The van der Waals surface area contributed by atoms with Crippen LogP contribution >= 0.6 is 0 Å². The normalized spacial score (nSPS) is 29.0. The molecule has 1 aliphatic carbocycles. The summed E-state index contributed by atoms with van der Waals surface area (Å²) in [4.78, 5) is 10.4. The predicted octanol–water partition coefficient (Wildman–Crippen LogP) is 2.82. The monoisotopic (exact) mass is 184 g/mol. The van der Waals surface area contributed by atoms with Crippen LogP contribution in [0, 0.1) is 5.92 Å². The van der Waals surface area contributed by atoms with Gasteiger partial charge in [-0.15, -0.1) is 0 Å². The van der Waals surface area contributed by atoms with Crippen molar-refractivity contribution in [1.29, 1.82) is 0 Å². The van der Waals surface area contributed by atoms with Crippen molar-refractivity contribution < 1.29 is 14.6 Å². The van der Waals surface area contributed by atoms with Crippen LogP contribution in [0.15, 0.2) is 12.2 Å². The van der Waals surface area contributed by atoms with Gasteiger partial charge in [0.25, 0.3) is 0 Å². The molecule has 0 aromatic heterocycles. The maximum absolute atomic E-state index is 10.4. The van der Waals surface area contributed by atoms with Crippen LogP contribution in [-0.4, -0.2) is 17.4 Å². The summed E-state index contributed by atoms with van der Waals surface area (Å²) in [6, 6.07) is 0. The SMILES string of the molecule is CC=CC1CCCCC1OC(=O)O. The average molecular weight is 184 g/mol. The topological polar surface area (TPSA) is 46.5 Å². The number of allylic oxidation sites excluding steroid dienone is 1. The number of hydrogen-bond donors (Lipinski definition) is 1. The third kappa shape index (κ3) is 3.09. The van der Waals surface area contributed by atoms with Crippen molar-refractivity contribution in [3.05, 3.63) is 12.2 Å². The molecule has 0 aromatic rings. The van der Waals surface area contributed by atoms with E-state index in [4.69, 9.17) is 9.84 Å². The van der Waals surface area contributed by atoms with Gasteiger partial charge in [0.1, 0.15) is 6.10 Å². The van der Waals surface area contributed by atoms with Crippen LogP contribution in [0.25, 0.3) is 0 Å². The molecule has 0 amide bonds. The van der Waals surface area contributed by atoms with E-state index in [0.717, 1.165) is 19.3 Å². The van der Waals surface area contributed by atoms with Gasteiger partial charge in [0.05, 0.1) is 0 Å². The molecule has 0 saturated heterocycles. The third-order valence-electron chi connectivity index (χ3n) is 2.45. The minimum atomic E-state index is -1.15. The van der Waals surface area contributed by atoms with Gasteiger partial charge in [0, 0.05) is 5.92 Å². The fourth-order valence-electron chi connectivity index (χ4n) is 1.87. The van der Waals surface area contributed by atoms with E-state index in [1.165, 1.54) is 6.42 Å². The van der Waals surface area contributed by atoms with Gasteiger partial charge in [-0.3, -0.25) is 0 Å². The Morgan fingerprint density at radius 1 is 1.46 bits per heavy atom. The van der Waals surface area contributed by atoms with E-state index in [1.807, 2.05) is 19.1 Å². The molecule has 3 heteroatoms. The lowest BCUT2D eigenvalue weighted by Gasteiger charge is -2.27. The zero-order valence-corrected chi connectivity index (χ0v) is 7.90. The van der Waals surface area contributed by atoms with Gasteiger partial charge in [-0.25, -0.2) is 4.79 Å². The molecular formula is C10H16O3. The third-order valence-corrected chi connectivity index (χ3v) is 2.45. The van der Waals surface area contributed by atoms with Gasteiger partial charge >= 0.3 is 6.16 Å². The van der Waals surface area contributed by atoms with Crippen LogP contribution in [0.5, 0.6) is 0 Å². The van der Waals surface area contributed by atoms with Crippen LogP contribution in [0.4, 0.5) is 4.79 Å². The molecule has 1 saturated carbocycles. The Kier molecular flexibility index (Phi) is 3.80. The second-order valence-electron chi connectivity index (χ2n) is 3.40. The fraction of sp³-hybridized carbons (Fsp3) is 0.700. The standard InChI is InChI=1S/C10H16O3/c1-2-5-8-6-3-4-7-9(8)13-10(11)12/h2,5,8-9H,3-4,6-7H2,1H3,(H,11,12). The van der Waals surface area contributed by atoms with Crippen molar-refractivity contribution in [1.82, 2.24) is 0 Å². The highest BCUT2D eigenvalue weighted by atomic mass is 16.7. The maximum atomic E-state index is 10.4. The predicted molar refractivity (Wildman–Crippen MR) is 49.7 cm³/mol. The van der Waals surface area contributed by atoms with E-state index < -0.39 is 6.16 Å². The second-order valence-corrected chi connectivity index (χ2v) is 3.40. The minimum absolute atomic E-state index is 0.123. The summed E-state index contributed by atoms with van der Waals surface area (Å²) < 4.78 is 4.82. The highest BCUT2D eigenvalue weighted by molar-refractivity contribution is 5.57. The van der Waals surface area contributed by atoms with E-state index in [-0.39, 0.29) is 12.0 Å². The highest BCUT2D eigenvalue weighted by Crippen LogP contribution is 2.27. The Labute approximate surface area is 78.4 Å². The Balaban J connectivity index is 2.50. The molecule has 74 valence electrons. The van der Waals surface area contributed by atoms with Crippen molar-refractivity contribution in [2.24, 2.45) is 5.92 Å². The van der Waals surface area contributed by atoms with Crippen molar-refractivity contribution in [2.75, 3.05) is 0 Å². The van der Waals surface area contributed by atoms with Crippen LogP contribution in [0.2, 0.25) is 0 Å². The summed E-state index contributed by atoms with van der Waals surface area (Å²) in [6.07, 6.45) is 6.90. The molecule has 0 heterocycles. The lowest BCUT2D eigenvalue weighted by atomic mass is 9.86. The molecule has 0 aromatic carbocycles. The van der Waals surface area contributed by atoms with E-state index in [0.29, 0.717) is 0 Å². The molecule has 2 unspecified atom stereocenters. The highest BCUT2D eigenvalue weighted by Gasteiger charge is 2.25. The Morgan fingerprint density at radius 2 is 2.15 bits per heavy atom. The fourth-order valence-corrected chi connectivity index (χ4v) is 1.87. The first kappa shape index (κ1) is 10.1. The maximum Gasteiger partial charge on any atom is 0.506 e. The number of rotatable bonds is 2. The molecule has 0 aliphatic heterocycles. The van der Waals surface area contributed by atoms with Crippen LogP contribution < -0.4 is 0 Å². The summed E-state index contributed by atoms with van der Waals surface area (Å²) in [7, 11) is 0. The second kappa shape index (κ2) is 4.90. The molecule has 13 heavy (non-hydrogen) atoms. The Hall–Kier alpha value is -0.990. The Morgan fingerprint density at radius 3 is 2.77 bits per heavy atom. The molecule has 1 aliphatic rings. The van der Waals surface area contributed by atoms with Gasteiger partial charge < -0.3 is 9.84 Å². The Bertz CT molecular complexity index is 198. The lowest BCUT2D eigenvalue weighted by Crippen LogP contribution is -2.28. The van der Waals surface area contributed by atoms with Crippen molar-refractivity contribution >= 4 is 6.16 Å². The summed E-state index contributed by atoms with van der Waals surface area (Å²) in [6.45, 7) is 1.95. The number of hydrogen-bond acceptors (Lipinski definition) is 2. The molecule has 1 fully saturated rings. The molecule has 0 spiro atoms. The lowest BCUT2D eigenvalue weighted by molar-refractivity contribution is 0.0181. The smallest absolute Gasteiger partial charge is 0.450 e. The first-order chi connectivity index (χ1) is 6.24. The van der Waals surface area contributed by atoms with Gasteiger partial charge in [0.2, 0.25) is 0 Å². The first-order valence-corrected chi connectivity index (χ1v) is 4.76. The molecule has 3 nitrogen and oxygen atoms in total. The average Bonchev–Trinajstić information content (AvgIpc) is 2.08. The summed E-state index contributed by atoms with van der Waals surface area (Å²) >= 11 is 0. The molecule has 0 radical (unpaired) electrons. The van der Waals surface area contributed by atoms with E-state index in [2.05, 4.69) is 0 Å². The van der Waals surface area contributed by atoms with Gasteiger partial charge in [-0.2, -0.15) is 0 Å². The molecule has 2 atom stereocenters.